The predicted octanol–water partition coefficient (Wildman–Crippen LogP) is 1.50. The van der Waals surface area contributed by atoms with Crippen LogP contribution in [0.15, 0.2) is 12.0 Å². The molecule has 2 aliphatic rings. The molecule has 1 amide bonds. The molecule has 118 valence electrons. The smallest absolute Gasteiger partial charge is 0.377 e. The summed E-state index contributed by atoms with van der Waals surface area (Å²) in [6, 6.07) is 0.167. The SMILES string of the molecule is C[C@@H](OC(=O)C1=COCCO1)C(=O)N[C@@H]1CCCC[C@@H]1C. The van der Waals surface area contributed by atoms with Crippen molar-refractivity contribution in [2.24, 2.45) is 5.92 Å². The minimum absolute atomic E-state index is 0.00642. The first kappa shape index (κ1) is 15.7. The molecule has 1 N–H and O–H groups in total. The molecule has 0 radical (unpaired) electrons. The Morgan fingerprint density at radius 1 is 1.33 bits per heavy atom. The van der Waals surface area contributed by atoms with E-state index in [2.05, 4.69) is 12.2 Å². The summed E-state index contributed by atoms with van der Waals surface area (Å²) in [5, 5.41) is 2.97. The van der Waals surface area contributed by atoms with Gasteiger partial charge in [-0.05, 0) is 25.7 Å². The summed E-state index contributed by atoms with van der Waals surface area (Å²) in [6.07, 6.45) is 4.82. The Morgan fingerprint density at radius 3 is 2.76 bits per heavy atom. The summed E-state index contributed by atoms with van der Waals surface area (Å²) >= 11 is 0. The molecule has 2 rings (SSSR count). The minimum atomic E-state index is -0.849. The number of esters is 1. The highest BCUT2D eigenvalue weighted by molar-refractivity contribution is 5.89. The van der Waals surface area contributed by atoms with Crippen LogP contribution < -0.4 is 5.32 Å². The van der Waals surface area contributed by atoms with Crippen LogP contribution in [0.4, 0.5) is 0 Å². The van der Waals surface area contributed by atoms with Crippen molar-refractivity contribution in [1.29, 1.82) is 0 Å². The van der Waals surface area contributed by atoms with Gasteiger partial charge >= 0.3 is 5.97 Å². The highest BCUT2D eigenvalue weighted by Crippen LogP contribution is 2.23. The lowest BCUT2D eigenvalue weighted by Gasteiger charge is -2.30. The van der Waals surface area contributed by atoms with Crippen LogP contribution in [0.2, 0.25) is 0 Å². The van der Waals surface area contributed by atoms with Crippen LogP contribution >= 0.6 is 0 Å². The Kier molecular flexibility index (Phi) is 5.47. The zero-order chi connectivity index (χ0) is 15.2. The molecule has 0 unspecified atom stereocenters. The van der Waals surface area contributed by atoms with Crippen LogP contribution in [-0.2, 0) is 23.8 Å². The molecule has 0 saturated heterocycles. The number of carbonyl (C=O) groups excluding carboxylic acids is 2. The maximum atomic E-state index is 12.1. The lowest BCUT2D eigenvalue weighted by atomic mass is 9.86. The predicted molar refractivity (Wildman–Crippen MR) is 75.1 cm³/mol. The molecule has 1 aliphatic carbocycles. The first-order valence-corrected chi connectivity index (χ1v) is 7.54. The molecule has 1 fully saturated rings. The summed E-state index contributed by atoms with van der Waals surface area (Å²) in [6.45, 7) is 4.41. The average molecular weight is 297 g/mol. The van der Waals surface area contributed by atoms with Crippen molar-refractivity contribution in [2.45, 2.75) is 51.7 Å². The Morgan fingerprint density at radius 2 is 2.10 bits per heavy atom. The minimum Gasteiger partial charge on any atom is -0.493 e. The van der Waals surface area contributed by atoms with Crippen LogP contribution in [0, 0.1) is 5.92 Å². The molecule has 0 aromatic heterocycles. The van der Waals surface area contributed by atoms with Gasteiger partial charge in [0.1, 0.15) is 19.5 Å². The topological polar surface area (TPSA) is 73.9 Å². The van der Waals surface area contributed by atoms with Gasteiger partial charge in [-0.1, -0.05) is 19.8 Å². The van der Waals surface area contributed by atoms with E-state index in [-0.39, 0.29) is 17.7 Å². The molecule has 1 heterocycles. The van der Waals surface area contributed by atoms with E-state index in [1.54, 1.807) is 6.92 Å². The third-order valence-corrected chi connectivity index (χ3v) is 3.94. The normalized spacial score (nSPS) is 26.7. The van der Waals surface area contributed by atoms with Crippen molar-refractivity contribution in [1.82, 2.24) is 5.32 Å². The van der Waals surface area contributed by atoms with Crippen molar-refractivity contribution >= 4 is 11.9 Å². The standard InChI is InChI=1S/C15H23NO5/c1-10-5-3-4-6-12(10)16-14(17)11(2)21-15(18)13-9-19-7-8-20-13/h9-12H,3-8H2,1-2H3,(H,16,17)/t10-,11+,12+/m0/s1. The number of ether oxygens (including phenoxy) is 3. The molecule has 6 nitrogen and oxygen atoms in total. The van der Waals surface area contributed by atoms with Crippen molar-refractivity contribution in [3.63, 3.8) is 0 Å². The van der Waals surface area contributed by atoms with E-state index >= 15 is 0 Å². The molecule has 3 atom stereocenters. The van der Waals surface area contributed by atoms with E-state index in [9.17, 15) is 9.59 Å². The summed E-state index contributed by atoms with van der Waals surface area (Å²) in [4.78, 5) is 23.9. The van der Waals surface area contributed by atoms with Gasteiger partial charge in [0, 0.05) is 6.04 Å². The third kappa shape index (κ3) is 4.37. The van der Waals surface area contributed by atoms with Crippen LogP contribution in [0.3, 0.4) is 0 Å². The Labute approximate surface area is 124 Å². The molecule has 0 aromatic carbocycles. The number of hydrogen-bond donors (Lipinski definition) is 1. The summed E-state index contributed by atoms with van der Waals surface area (Å²) in [5.41, 5.74) is 0. The fourth-order valence-corrected chi connectivity index (χ4v) is 2.58. The lowest BCUT2D eigenvalue weighted by molar-refractivity contribution is -0.155. The highest BCUT2D eigenvalue weighted by Gasteiger charge is 2.27. The Hall–Kier alpha value is -1.72. The summed E-state index contributed by atoms with van der Waals surface area (Å²) < 4.78 is 15.2. The lowest BCUT2D eigenvalue weighted by Crippen LogP contribution is -2.46. The van der Waals surface area contributed by atoms with Gasteiger partial charge < -0.3 is 19.5 Å². The summed E-state index contributed by atoms with van der Waals surface area (Å²) in [7, 11) is 0. The Balaban J connectivity index is 1.81. The number of carbonyl (C=O) groups is 2. The maximum absolute atomic E-state index is 12.1. The van der Waals surface area contributed by atoms with Crippen molar-refractivity contribution in [3.05, 3.63) is 12.0 Å². The van der Waals surface area contributed by atoms with Gasteiger partial charge in [0.2, 0.25) is 5.76 Å². The van der Waals surface area contributed by atoms with E-state index in [0.29, 0.717) is 19.1 Å². The van der Waals surface area contributed by atoms with Gasteiger partial charge in [-0.15, -0.1) is 0 Å². The van der Waals surface area contributed by atoms with Gasteiger partial charge in [-0.3, -0.25) is 4.79 Å². The van der Waals surface area contributed by atoms with Crippen molar-refractivity contribution in [2.75, 3.05) is 13.2 Å². The van der Waals surface area contributed by atoms with Crippen LogP contribution in [0.25, 0.3) is 0 Å². The van der Waals surface area contributed by atoms with E-state index in [1.165, 1.54) is 12.7 Å². The number of amides is 1. The number of rotatable bonds is 4. The first-order valence-electron chi connectivity index (χ1n) is 7.54. The van der Waals surface area contributed by atoms with Crippen molar-refractivity contribution in [3.8, 4) is 0 Å². The van der Waals surface area contributed by atoms with E-state index in [1.807, 2.05) is 0 Å². The fraction of sp³-hybridized carbons (Fsp3) is 0.733. The van der Waals surface area contributed by atoms with E-state index in [4.69, 9.17) is 14.2 Å². The van der Waals surface area contributed by atoms with Gasteiger partial charge in [-0.25, -0.2) is 4.79 Å². The third-order valence-electron chi connectivity index (χ3n) is 3.94. The Bertz CT molecular complexity index is 420. The molecule has 0 aromatic rings. The van der Waals surface area contributed by atoms with E-state index in [0.717, 1.165) is 19.3 Å². The second-order valence-electron chi connectivity index (χ2n) is 5.63. The fourth-order valence-electron chi connectivity index (χ4n) is 2.58. The molecule has 1 saturated carbocycles. The molecule has 6 heteroatoms. The van der Waals surface area contributed by atoms with Gasteiger partial charge in [0.15, 0.2) is 6.10 Å². The second-order valence-corrected chi connectivity index (χ2v) is 5.63. The zero-order valence-electron chi connectivity index (χ0n) is 12.6. The summed E-state index contributed by atoms with van der Waals surface area (Å²) in [5.74, 6) is -0.469. The molecule has 21 heavy (non-hydrogen) atoms. The van der Waals surface area contributed by atoms with Crippen molar-refractivity contribution < 1.29 is 23.8 Å². The van der Waals surface area contributed by atoms with Gasteiger partial charge in [0.25, 0.3) is 5.91 Å². The van der Waals surface area contributed by atoms with E-state index < -0.39 is 12.1 Å². The molecule has 1 aliphatic heterocycles. The number of hydrogen-bond acceptors (Lipinski definition) is 5. The van der Waals surface area contributed by atoms with Crippen LogP contribution in [-0.4, -0.2) is 37.2 Å². The van der Waals surface area contributed by atoms with Crippen LogP contribution in [0.5, 0.6) is 0 Å². The molecule has 0 spiro atoms. The molecular weight excluding hydrogens is 274 g/mol. The zero-order valence-corrected chi connectivity index (χ0v) is 12.6. The quantitative estimate of drug-likeness (QED) is 0.796. The highest BCUT2D eigenvalue weighted by atomic mass is 16.6. The molecular formula is C15H23NO5. The number of nitrogens with one attached hydrogen (secondary N) is 1. The van der Waals surface area contributed by atoms with Crippen LogP contribution in [0.1, 0.15) is 39.5 Å². The average Bonchev–Trinajstić information content (AvgIpc) is 2.50. The molecule has 0 bridgehead atoms. The monoisotopic (exact) mass is 297 g/mol. The largest absolute Gasteiger partial charge is 0.493 e. The van der Waals surface area contributed by atoms with Gasteiger partial charge in [0.05, 0.1) is 0 Å². The van der Waals surface area contributed by atoms with Gasteiger partial charge in [-0.2, -0.15) is 0 Å². The maximum Gasteiger partial charge on any atom is 0.377 e. The first-order chi connectivity index (χ1) is 10.1. The second kappa shape index (κ2) is 7.33.